The van der Waals surface area contributed by atoms with Gasteiger partial charge in [-0.3, -0.25) is 4.57 Å². The van der Waals surface area contributed by atoms with Crippen molar-refractivity contribution < 1.29 is 19.4 Å². The van der Waals surface area contributed by atoms with Crippen LogP contribution in [0.2, 0.25) is 0 Å². The minimum Gasteiger partial charge on any atom is -0.510 e. The second-order valence-electron chi connectivity index (χ2n) is 7.91. The zero-order valence-corrected chi connectivity index (χ0v) is 20.9. The maximum Gasteiger partial charge on any atom is 0.345 e. The molecule has 0 aliphatic carbocycles. The molecule has 2 aromatic heterocycles. The van der Waals surface area contributed by atoms with Crippen LogP contribution in [-0.2, 0) is 9.53 Å². The summed E-state index contributed by atoms with van der Waals surface area (Å²) in [6.45, 7) is 0. The van der Waals surface area contributed by atoms with Crippen molar-refractivity contribution in [1.29, 1.82) is 0 Å². The number of para-hydroxylation sites is 2. The Morgan fingerprint density at radius 2 is 1.70 bits per heavy atom. The monoisotopic (exact) mass is 513 g/mol. The van der Waals surface area contributed by atoms with Crippen molar-refractivity contribution in [1.82, 2.24) is 24.7 Å². The Morgan fingerprint density at radius 3 is 2.41 bits per heavy atom. The third-order valence-electron chi connectivity index (χ3n) is 5.64. The Hall–Kier alpha value is -4.57. The predicted molar refractivity (Wildman–Crippen MR) is 142 cm³/mol. The molecule has 186 valence electrons. The maximum absolute atomic E-state index is 12.6. The van der Waals surface area contributed by atoms with Crippen LogP contribution in [-0.4, -0.2) is 55.8 Å². The molecule has 0 amide bonds. The highest BCUT2D eigenvalue weighted by molar-refractivity contribution is 7.99. The minimum absolute atomic E-state index is 0.0323. The molecule has 0 bridgehead atoms. The largest absolute Gasteiger partial charge is 0.510 e. The van der Waals surface area contributed by atoms with Crippen molar-refractivity contribution in [2.45, 2.75) is 5.16 Å². The van der Waals surface area contributed by atoms with Crippen LogP contribution in [0.3, 0.4) is 0 Å². The van der Waals surface area contributed by atoms with Gasteiger partial charge in [0.25, 0.3) is 0 Å². The first-order valence-corrected chi connectivity index (χ1v) is 12.3. The fourth-order valence-electron chi connectivity index (χ4n) is 3.83. The Labute approximate surface area is 216 Å². The van der Waals surface area contributed by atoms with Crippen LogP contribution in [0.4, 0.5) is 0 Å². The molecule has 0 unspecified atom stereocenters. The number of H-pyrrole nitrogens is 1. The number of methoxy groups -OCH3 is 2. The number of benzene rings is 3. The van der Waals surface area contributed by atoms with Gasteiger partial charge in [-0.25, -0.2) is 9.78 Å². The molecule has 10 heteroatoms. The first-order valence-electron chi connectivity index (χ1n) is 11.3. The number of carbonyl (C=O) groups excluding carboxylic acids is 1. The number of fused-ring (bicyclic) bond motifs is 1. The highest BCUT2D eigenvalue weighted by atomic mass is 32.2. The van der Waals surface area contributed by atoms with E-state index in [0.717, 1.165) is 22.5 Å². The normalized spacial score (nSPS) is 11.8. The van der Waals surface area contributed by atoms with Gasteiger partial charge in [0.05, 0.1) is 31.0 Å². The van der Waals surface area contributed by atoms with Crippen LogP contribution in [0, 0.1) is 0 Å². The third kappa shape index (κ3) is 4.91. The molecule has 9 nitrogen and oxygen atoms in total. The predicted octanol–water partition coefficient (Wildman–Crippen LogP) is 5.05. The summed E-state index contributed by atoms with van der Waals surface area (Å²) in [6.07, 6.45) is 0. The van der Waals surface area contributed by atoms with Gasteiger partial charge in [-0.2, -0.15) is 0 Å². The van der Waals surface area contributed by atoms with Crippen LogP contribution < -0.4 is 4.74 Å². The number of hydrogen-bond donors (Lipinski definition) is 2. The number of imidazole rings is 1. The summed E-state index contributed by atoms with van der Waals surface area (Å²) in [4.78, 5) is 20.2. The lowest BCUT2D eigenvalue weighted by Crippen LogP contribution is -2.10. The molecule has 0 atom stereocenters. The standard InChI is InChI=1S/C27H23N5O4S/c1-35-19-14-12-18(13-15-19)32-25(17-8-4-3-5-9-17)30-31-27(32)37-16-22(33)23(26(34)36-2)24-28-20-10-6-7-11-21(20)29-24/h3-15,33H,16H2,1-2H3,(H,28,29). The van der Waals surface area contributed by atoms with Gasteiger partial charge in [0.2, 0.25) is 0 Å². The van der Waals surface area contributed by atoms with Crippen molar-refractivity contribution in [2.75, 3.05) is 20.0 Å². The fourth-order valence-corrected chi connectivity index (χ4v) is 4.66. The van der Waals surface area contributed by atoms with Crippen LogP contribution in [0.25, 0.3) is 33.7 Å². The lowest BCUT2D eigenvalue weighted by molar-refractivity contribution is -0.133. The van der Waals surface area contributed by atoms with Crippen molar-refractivity contribution in [2.24, 2.45) is 0 Å². The van der Waals surface area contributed by atoms with Crippen molar-refractivity contribution in [3.63, 3.8) is 0 Å². The summed E-state index contributed by atoms with van der Waals surface area (Å²) in [5.74, 6) is 0.737. The van der Waals surface area contributed by atoms with Crippen LogP contribution in [0.1, 0.15) is 5.82 Å². The minimum atomic E-state index is -0.696. The quantitative estimate of drug-likeness (QED) is 0.128. The van der Waals surface area contributed by atoms with E-state index in [-0.39, 0.29) is 22.9 Å². The number of esters is 1. The molecule has 5 aromatic rings. The van der Waals surface area contributed by atoms with Gasteiger partial charge in [0, 0.05) is 11.3 Å². The van der Waals surface area contributed by atoms with E-state index in [1.165, 1.54) is 18.9 Å². The number of aromatic nitrogens is 5. The molecular formula is C27H23N5O4S. The number of nitrogens with one attached hydrogen (secondary N) is 1. The van der Waals surface area contributed by atoms with Crippen LogP contribution in [0.15, 0.2) is 89.8 Å². The second-order valence-corrected chi connectivity index (χ2v) is 8.85. The summed E-state index contributed by atoms with van der Waals surface area (Å²) >= 11 is 1.23. The second kappa shape index (κ2) is 10.6. The van der Waals surface area contributed by atoms with Crippen molar-refractivity contribution in [3.05, 3.63) is 90.4 Å². The Morgan fingerprint density at radius 1 is 0.973 bits per heavy atom. The molecule has 5 rings (SSSR count). The lowest BCUT2D eigenvalue weighted by atomic mass is 10.2. The average Bonchev–Trinajstić information content (AvgIpc) is 3.56. The number of hydrogen-bond acceptors (Lipinski definition) is 8. The van der Waals surface area contributed by atoms with Gasteiger partial charge in [-0.15, -0.1) is 10.2 Å². The van der Waals surface area contributed by atoms with Crippen molar-refractivity contribution in [3.8, 4) is 22.8 Å². The summed E-state index contributed by atoms with van der Waals surface area (Å²) in [7, 11) is 2.87. The maximum atomic E-state index is 12.6. The van der Waals surface area contributed by atoms with Gasteiger partial charge in [-0.05, 0) is 36.4 Å². The van der Waals surface area contributed by atoms with E-state index in [4.69, 9.17) is 9.47 Å². The highest BCUT2D eigenvalue weighted by Crippen LogP contribution is 2.31. The van der Waals surface area contributed by atoms with Gasteiger partial charge >= 0.3 is 5.97 Å². The highest BCUT2D eigenvalue weighted by Gasteiger charge is 2.23. The number of aliphatic hydroxyl groups excluding tert-OH is 1. The van der Waals surface area contributed by atoms with E-state index in [1.807, 2.05) is 83.4 Å². The van der Waals surface area contributed by atoms with Crippen LogP contribution >= 0.6 is 11.8 Å². The molecule has 0 aliphatic heterocycles. The molecule has 3 aromatic carbocycles. The van der Waals surface area contributed by atoms with E-state index >= 15 is 0 Å². The Balaban J connectivity index is 1.52. The van der Waals surface area contributed by atoms with E-state index in [2.05, 4.69) is 20.2 Å². The number of aromatic amines is 1. The van der Waals surface area contributed by atoms with Gasteiger partial charge < -0.3 is 19.6 Å². The molecule has 37 heavy (non-hydrogen) atoms. The summed E-state index contributed by atoms with van der Waals surface area (Å²) in [6, 6.07) is 24.6. The zero-order chi connectivity index (χ0) is 25.8. The number of thioether (sulfide) groups is 1. The molecule has 0 radical (unpaired) electrons. The molecule has 0 saturated heterocycles. The number of nitrogens with zero attached hydrogens (tertiary/aromatic N) is 4. The smallest absolute Gasteiger partial charge is 0.345 e. The third-order valence-corrected chi connectivity index (χ3v) is 6.58. The number of ether oxygens (including phenoxy) is 2. The summed E-state index contributed by atoms with van der Waals surface area (Å²) < 4.78 is 12.1. The van der Waals surface area contributed by atoms with E-state index in [9.17, 15) is 9.90 Å². The van der Waals surface area contributed by atoms with Gasteiger partial charge in [-0.1, -0.05) is 54.2 Å². The molecular weight excluding hydrogens is 490 g/mol. The van der Waals surface area contributed by atoms with Gasteiger partial charge in [0.15, 0.2) is 11.0 Å². The number of rotatable bonds is 8. The molecule has 0 aliphatic rings. The van der Waals surface area contributed by atoms with E-state index in [1.54, 1.807) is 7.11 Å². The number of aliphatic hydroxyl groups is 1. The Bertz CT molecular complexity index is 1540. The average molecular weight is 514 g/mol. The molecule has 0 spiro atoms. The molecule has 0 fully saturated rings. The SMILES string of the molecule is COC(=O)C(=C(O)CSc1nnc(-c2ccccc2)n1-c1ccc(OC)cc1)c1nc2ccccc2[nH]1. The molecule has 2 heterocycles. The summed E-state index contributed by atoms with van der Waals surface area (Å²) in [5.41, 5.74) is 3.08. The summed E-state index contributed by atoms with van der Waals surface area (Å²) in [5, 5.41) is 20.4. The fraction of sp³-hybridized carbons (Fsp3) is 0.111. The van der Waals surface area contributed by atoms with Gasteiger partial charge in [0.1, 0.15) is 22.9 Å². The van der Waals surface area contributed by atoms with E-state index < -0.39 is 5.97 Å². The van der Waals surface area contributed by atoms with Crippen LogP contribution in [0.5, 0.6) is 5.75 Å². The zero-order valence-electron chi connectivity index (χ0n) is 20.1. The van der Waals surface area contributed by atoms with E-state index in [0.29, 0.717) is 16.5 Å². The topological polar surface area (TPSA) is 115 Å². The first kappa shape index (κ1) is 24.1. The molecule has 0 saturated carbocycles. The Kier molecular flexibility index (Phi) is 6.91. The lowest BCUT2D eigenvalue weighted by Gasteiger charge is -2.12. The number of carbonyl (C=O) groups is 1. The first-order chi connectivity index (χ1) is 18.1. The molecule has 2 N–H and O–H groups in total. The van der Waals surface area contributed by atoms with Crippen molar-refractivity contribution >= 4 is 34.3 Å².